The van der Waals surface area contributed by atoms with Crippen LogP contribution in [0.2, 0.25) is 0 Å². The van der Waals surface area contributed by atoms with Gasteiger partial charge in [0.15, 0.2) is 0 Å². The van der Waals surface area contributed by atoms with E-state index >= 15 is 0 Å². The van der Waals surface area contributed by atoms with Crippen molar-refractivity contribution in [3.8, 4) is 11.5 Å². The van der Waals surface area contributed by atoms with Gasteiger partial charge in [0.05, 0.1) is 6.10 Å². The quantitative estimate of drug-likeness (QED) is 0.440. The van der Waals surface area contributed by atoms with Gasteiger partial charge in [-0.2, -0.15) is 13.6 Å². The number of likely N-dealkylation sites (tertiary alicyclic amines) is 1. The topological polar surface area (TPSA) is 102 Å². The van der Waals surface area contributed by atoms with E-state index in [1.54, 1.807) is 6.07 Å². The van der Waals surface area contributed by atoms with Crippen LogP contribution in [0.15, 0.2) is 55.1 Å². The van der Waals surface area contributed by atoms with Gasteiger partial charge in [0.25, 0.3) is 0 Å². The van der Waals surface area contributed by atoms with E-state index in [1.165, 1.54) is 37.1 Å². The van der Waals surface area contributed by atoms with E-state index in [-0.39, 0.29) is 34.5 Å². The van der Waals surface area contributed by atoms with Crippen LogP contribution in [0.3, 0.4) is 0 Å². The van der Waals surface area contributed by atoms with Crippen molar-refractivity contribution in [2.75, 3.05) is 26.2 Å². The second kappa shape index (κ2) is 10.5. The predicted molar refractivity (Wildman–Crippen MR) is 156 cm³/mol. The molecule has 0 bridgehead atoms. The molecule has 0 aromatic heterocycles. The Morgan fingerprint density at radius 1 is 1.12 bits per heavy atom. The van der Waals surface area contributed by atoms with Crippen molar-refractivity contribution in [3.05, 3.63) is 71.8 Å². The van der Waals surface area contributed by atoms with Gasteiger partial charge in [0, 0.05) is 12.5 Å². The van der Waals surface area contributed by atoms with Gasteiger partial charge in [-0.15, -0.1) is 6.58 Å². The molecule has 1 heterocycles. The summed E-state index contributed by atoms with van der Waals surface area (Å²) >= 11 is 0. The standard InChI is InChI=1S/C32H42N2O5S/c1-3-32-15-14-23-20-25(39-40(33,36)37)10-11-26(23)30(32)27(21-31(2)28(32)12-13-29(31)35)22-6-8-24(9-7-22)38-19-18-34-16-4-5-17-34/h3,6-11,20,27-30,35H,1,4-5,12-19,21H2,2H3,(H2,33,36,37)/t27-,28?,29+,30?,31+,32+/m1/s1. The molecule has 4 aliphatic rings. The summed E-state index contributed by atoms with van der Waals surface area (Å²) in [6.07, 6.45) is 8.77. The number of aliphatic hydroxyl groups is 1. The van der Waals surface area contributed by atoms with Crippen molar-refractivity contribution in [2.24, 2.45) is 21.9 Å². The first-order valence-corrected chi connectivity index (χ1v) is 16.2. The molecule has 6 atom stereocenters. The number of rotatable bonds is 8. The molecule has 2 aromatic rings. The fourth-order valence-electron chi connectivity index (χ4n) is 8.83. The van der Waals surface area contributed by atoms with E-state index in [9.17, 15) is 13.5 Å². The summed E-state index contributed by atoms with van der Waals surface area (Å²) in [5, 5.41) is 16.4. The van der Waals surface area contributed by atoms with Gasteiger partial charge in [-0.25, -0.2) is 0 Å². The van der Waals surface area contributed by atoms with E-state index in [1.807, 2.05) is 12.1 Å². The SMILES string of the molecule is C=C[C@@]12CCc3cc(OS(N)(=O)=O)ccc3C1[C@@H](c1ccc(OCCN3CCCC3)cc1)C[C@@]1(C)C2CC[C@@H]1O. The summed E-state index contributed by atoms with van der Waals surface area (Å²) in [6.45, 7) is 10.7. The number of aliphatic hydroxyl groups excluding tert-OH is 1. The van der Waals surface area contributed by atoms with Crippen molar-refractivity contribution >= 4 is 10.3 Å². The average Bonchev–Trinajstić information content (AvgIpc) is 3.55. The maximum atomic E-state index is 11.6. The highest BCUT2D eigenvalue weighted by atomic mass is 32.2. The number of hydrogen-bond acceptors (Lipinski definition) is 6. The Labute approximate surface area is 238 Å². The predicted octanol–water partition coefficient (Wildman–Crippen LogP) is 4.91. The van der Waals surface area contributed by atoms with Crippen molar-refractivity contribution in [1.29, 1.82) is 0 Å². The van der Waals surface area contributed by atoms with Crippen LogP contribution in [0.25, 0.3) is 0 Å². The Bertz CT molecular complexity index is 1360. The third kappa shape index (κ3) is 4.87. The minimum atomic E-state index is -4.10. The molecule has 1 aliphatic heterocycles. The molecule has 7 nitrogen and oxygen atoms in total. The molecule has 0 radical (unpaired) electrons. The normalized spacial score (nSPS) is 33.6. The van der Waals surface area contributed by atoms with Gasteiger partial charge in [-0.1, -0.05) is 31.2 Å². The zero-order chi connectivity index (χ0) is 28.1. The average molecular weight is 567 g/mol. The highest BCUT2D eigenvalue weighted by Gasteiger charge is 2.63. The molecule has 6 rings (SSSR count). The van der Waals surface area contributed by atoms with Crippen LogP contribution in [-0.4, -0.2) is 50.8 Å². The van der Waals surface area contributed by atoms with Crippen LogP contribution < -0.4 is 14.1 Å². The summed E-state index contributed by atoms with van der Waals surface area (Å²) in [5.74, 6) is 1.77. The summed E-state index contributed by atoms with van der Waals surface area (Å²) < 4.78 is 34.3. The van der Waals surface area contributed by atoms with E-state index in [0.717, 1.165) is 50.0 Å². The molecule has 3 aliphatic carbocycles. The molecule has 3 fully saturated rings. The monoisotopic (exact) mass is 566 g/mol. The number of nitrogens with two attached hydrogens (primary N) is 1. The summed E-state index contributed by atoms with van der Waals surface area (Å²) in [7, 11) is -4.10. The molecular weight excluding hydrogens is 524 g/mol. The Morgan fingerprint density at radius 3 is 2.55 bits per heavy atom. The Balaban J connectivity index is 1.34. The van der Waals surface area contributed by atoms with E-state index in [4.69, 9.17) is 14.1 Å². The molecule has 8 heteroatoms. The molecule has 3 N–H and O–H groups in total. The second-order valence-corrected chi connectivity index (χ2v) is 13.8. The minimum absolute atomic E-state index is 0.155. The van der Waals surface area contributed by atoms with Crippen molar-refractivity contribution in [1.82, 2.24) is 4.90 Å². The molecule has 2 saturated carbocycles. The number of aryl methyl sites for hydroxylation is 1. The van der Waals surface area contributed by atoms with Gasteiger partial charge in [0.2, 0.25) is 0 Å². The van der Waals surface area contributed by atoms with Gasteiger partial charge in [0.1, 0.15) is 18.1 Å². The van der Waals surface area contributed by atoms with Crippen molar-refractivity contribution in [2.45, 2.75) is 69.8 Å². The van der Waals surface area contributed by atoms with Crippen LogP contribution in [0.1, 0.15) is 74.0 Å². The number of allylic oxidation sites excluding steroid dienone is 1. The molecule has 0 amide bonds. The van der Waals surface area contributed by atoms with E-state index in [0.29, 0.717) is 12.5 Å². The fraction of sp³-hybridized carbons (Fsp3) is 0.562. The van der Waals surface area contributed by atoms with Crippen molar-refractivity contribution < 1.29 is 22.4 Å². The van der Waals surface area contributed by atoms with Crippen LogP contribution in [0.5, 0.6) is 11.5 Å². The molecule has 2 unspecified atom stereocenters. The zero-order valence-corrected chi connectivity index (χ0v) is 24.2. The van der Waals surface area contributed by atoms with Gasteiger partial charge in [-0.05, 0) is 122 Å². The van der Waals surface area contributed by atoms with Gasteiger partial charge < -0.3 is 14.0 Å². The molecular formula is C32H42N2O5S. The number of hydrogen-bond donors (Lipinski definition) is 2. The fourth-order valence-corrected chi connectivity index (χ4v) is 9.20. The number of ether oxygens (including phenoxy) is 1. The maximum Gasteiger partial charge on any atom is 0.380 e. The number of fused-ring (bicyclic) bond motifs is 5. The van der Waals surface area contributed by atoms with Gasteiger partial charge >= 0.3 is 10.3 Å². The first-order chi connectivity index (χ1) is 19.1. The molecule has 2 aromatic carbocycles. The van der Waals surface area contributed by atoms with E-state index < -0.39 is 10.3 Å². The van der Waals surface area contributed by atoms with Gasteiger partial charge in [-0.3, -0.25) is 4.90 Å². The summed E-state index contributed by atoms with van der Waals surface area (Å²) in [5.41, 5.74) is 3.17. The first kappa shape index (κ1) is 27.8. The zero-order valence-electron chi connectivity index (χ0n) is 23.4. The lowest BCUT2D eigenvalue weighted by molar-refractivity contribution is -0.0630. The Kier molecular flexibility index (Phi) is 7.26. The summed E-state index contributed by atoms with van der Waals surface area (Å²) in [6, 6.07) is 14.1. The first-order valence-electron chi connectivity index (χ1n) is 14.7. The smallest absolute Gasteiger partial charge is 0.380 e. The maximum absolute atomic E-state index is 11.6. The lowest BCUT2D eigenvalue weighted by Gasteiger charge is -2.60. The van der Waals surface area contributed by atoms with E-state index in [2.05, 4.69) is 48.7 Å². The van der Waals surface area contributed by atoms with Crippen LogP contribution in [-0.2, 0) is 16.7 Å². The Morgan fingerprint density at radius 2 is 1.85 bits per heavy atom. The number of nitrogens with zero attached hydrogens (tertiary/aromatic N) is 1. The number of benzene rings is 2. The molecule has 0 spiro atoms. The van der Waals surface area contributed by atoms with Crippen LogP contribution in [0.4, 0.5) is 0 Å². The third-order valence-corrected chi connectivity index (χ3v) is 11.1. The third-order valence-electron chi connectivity index (χ3n) is 10.6. The Hall–Kier alpha value is -2.39. The highest BCUT2D eigenvalue weighted by Crippen LogP contribution is 2.71. The molecule has 40 heavy (non-hydrogen) atoms. The summed E-state index contributed by atoms with van der Waals surface area (Å²) in [4.78, 5) is 2.45. The molecule has 216 valence electrons. The van der Waals surface area contributed by atoms with Crippen LogP contribution in [0, 0.1) is 16.7 Å². The lowest BCUT2D eigenvalue weighted by Crippen LogP contribution is -2.53. The largest absolute Gasteiger partial charge is 0.492 e. The minimum Gasteiger partial charge on any atom is -0.492 e. The lowest BCUT2D eigenvalue weighted by atomic mass is 9.44. The van der Waals surface area contributed by atoms with Crippen LogP contribution >= 0.6 is 0 Å². The molecule has 1 saturated heterocycles. The van der Waals surface area contributed by atoms with Crippen molar-refractivity contribution in [3.63, 3.8) is 0 Å². The second-order valence-electron chi connectivity index (χ2n) is 12.7. The highest BCUT2D eigenvalue weighted by molar-refractivity contribution is 7.84.